The van der Waals surface area contributed by atoms with Crippen LogP contribution in [-0.2, 0) is 4.79 Å². The van der Waals surface area contributed by atoms with Crippen LogP contribution in [0, 0.1) is 10.1 Å². The van der Waals surface area contributed by atoms with Gasteiger partial charge in [0, 0.05) is 29.8 Å². The van der Waals surface area contributed by atoms with Gasteiger partial charge in [0.2, 0.25) is 0 Å². The second-order valence-corrected chi connectivity index (χ2v) is 8.93. The molecule has 2 aliphatic rings. The number of ketones is 1. The number of nitrogens with one attached hydrogen (secondary N) is 2. The smallest absolute Gasteiger partial charge is 0.269 e. The minimum absolute atomic E-state index is 0.0245. The molecule has 0 saturated carbocycles. The summed E-state index contributed by atoms with van der Waals surface area (Å²) in [5.74, 6) is 0.956. The first-order chi connectivity index (χ1) is 17.0. The molecule has 5 rings (SSSR count). The Labute approximate surface area is 204 Å². The van der Waals surface area contributed by atoms with Crippen molar-refractivity contribution >= 4 is 22.8 Å². The summed E-state index contributed by atoms with van der Waals surface area (Å²) in [6, 6.07) is 21.9. The third-order valence-electron chi connectivity index (χ3n) is 6.57. The summed E-state index contributed by atoms with van der Waals surface area (Å²) in [4.78, 5) is 24.3. The van der Waals surface area contributed by atoms with Gasteiger partial charge in [0.15, 0.2) is 5.78 Å². The highest BCUT2D eigenvalue weighted by Crippen LogP contribution is 2.44. The van der Waals surface area contributed by atoms with Crippen LogP contribution in [0.1, 0.15) is 49.3 Å². The highest BCUT2D eigenvalue weighted by molar-refractivity contribution is 6.01. The van der Waals surface area contributed by atoms with E-state index in [0.717, 1.165) is 40.4 Å². The van der Waals surface area contributed by atoms with Gasteiger partial charge in [0.1, 0.15) is 5.75 Å². The summed E-state index contributed by atoms with van der Waals surface area (Å²) in [7, 11) is 0. The van der Waals surface area contributed by atoms with Crippen LogP contribution >= 0.6 is 0 Å². The standard InChI is InChI=1S/C28H27N3O4/c1-2-15-35-22-13-9-18(10-14-22)20-16-25-27(26(32)17-20)28(19-7-11-21(12-8-19)31(33)34)30-24-6-4-3-5-23(24)29-25/h3-14,20,28-30H,2,15-17H2,1H3. The second-order valence-electron chi connectivity index (χ2n) is 8.93. The van der Waals surface area contributed by atoms with Gasteiger partial charge in [-0.3, -0.25) is 14.9 Å². The number of hydrogen-bond donors (Lipinski definition) is 2. The zero-order valence-corrected chi connectivity index (χ0v) is 19.5. The van der Waals surface area contributed by atoms with Crippen LogP contribution < -0.4 is 15.4 Å². The van der Waals surface area contributed by atoms with E-state index in [4.69, 9.17) is 4.74 Å². The molecule has 2 N–H and O–H groups in total. The number of allylic oxidation sites excluding steroid dienone is 1. The molecule has 1 aliphatic heterocycles. The molecular formula is C28H27N3O4. The Hall–Kier alpha value is -4.13. The predicted molar refractivity (Wildman–Crippen MR) is 136 cm³/mol. The number of non-ortho nitro benzene ring substituents is 1. The van der Waals surface area contributed by atoms with Gasteiger partial charge in [0.05, 0.1) is 28.9 Å². The molecule has 0 aromatic heterocycles. The minimum Gasteiger partial charge on any atom is -0.494 e. The van der Waals surface area contributed by atoms with Crippen LogP contribution in [0.5, 0.6) is 5.75 Å². The number of nitrogens with zero attached hydrogens (tertiary/aromatic N) is 1. The van der Waals surface area contributed by atoms with Gasteiger partial charge in [-0.25, -0.2) is 0 Å². The number of nitro groups is 1. The van der Waals surface area contributed by atoms with Crippen molar-refractivity contribution < 1.29 is 14.5 Å². The Bertz CT molecular complexity index is 1280. The summed E-state index contributed by atoms with van der Waals surface area (Å²) in [6.07, 6.45) is 2.04. The quantitative estimate of drug-likeness (QED) is 0.322. The van der Waals surface area contributed by atoms with Gasteiger partial charge in [0.25, 0.3) is 5.69 Å². The predicted octanol–water partition coefficient (Wildman–Crippen LogP) is 6.36. The van der Waals surface area contributed by atoms with E-state index in [9.17, 15) is 14.9 Å². The maximum Gasteiger partial charge on any atom is 0.269 e. The van der Waals surface area contributed by atoms with Crippen molar-refractivity contribution in [2.24, 2.45) is 0 Å². The molecule has 7 nitrogen and oxygen atoms in total. The van der Waals surface area contributed by atoms with Crippen molar-refractivity contribution in [2.75, 3.05) is 17.2 Å². The summed E-state index contributed by atoms with van der Waals surface area (Å²) in [5, 5.41) is 18.2. The molecule has 0 bridgehead atoms. The lowest BCUT2D eigenvalue weighted by Gasteiger charge is -2.30. The lowest BCUT2D eigenvalue weighted by molar-refractivity contribution is -0.384. The molecule has 0 radical (unpaired) electrons. The number of Topliss-reactive ketones (excluding diaryl/α,β-unsaturated/α-hetero) is 1. The average Bonchev–Trinajstić information content (AvgIpc) is 3.05. The molecule has 178 valence electrons. The summed E-state index contributed by atoms with van der Waals surface area (Å²) >= 11 is 0. The van der Waals surface area contributed by atoms with E-state index in [2.05, 4.69) is 17.6 Å². The number of carbonyl (C=O) groups excluding carboxylic acids is 1. The molecule has 1 heterocycles. The Morgan fingerprint density at radius 2 is 1.63 bits per heavy atom. The van der Waals surface area contributed by atoms with Crippen LogP contribution in [-0.4, -0.2) is 17.3 Å². The molecule has 2 atom stereocenters. The van der Waals surface area contributed by atoms with Crippen molar-refractivity contribution in [3.8, 4) is 5.75 Å². The molecule has 1 aliphatic carbocycles. The molecular weight excluding hydrogens is 442 g/mol. The monoisotopic (exact) mass is 469 g/mol. The number of nitro benzene ring substituents is 1. The summed E-state index contributed by atoms with van der Waals surface area (Å²) in [5.41, 5.74) is 5.30. The first-order valence-electron chi connectivity index (χ1n) is 11.9. The SMILES string of the molecule is CCCOc1ccc(C2CC(=O)C3=C(C2)Nc2ccccc2NC3c2ccc([N+](=O)[O-])cc2)cc1. The van der Waals surface area contributed by atoms with Crippen molar-refractivity contribution in [3.05, 3.63) is 105 Å². The number of ether oxygens (including phenoxy) is 1. The summed E-state index contributed by atoms with van der Waals surface area (Å²) in [6.45, 7) is 2.75. The van der Waals surface area contributed by atoms with Crippen LogP contribution in [0.2, 0.25) is 0 Å². The molecule has 2 unspecified atom stereocenters. The molecule has 0 fully saturated rings. The van der Waals surface area contributed by atoms with Crippen molar-refractivity contribution in [1.29, 1.82) is 0 Å². The Kier molecular flexibility index (Phi) is 6.23. The van der Waals surface area contributed by atoms with Gasteiger partial charge >= 0.3 is 0 Å². The van der Waals surface area contributed by atoms with Gasteiger partial charge in [-0.15, -0.1) is 0 Å². The van der Waals surface area contributed by atoms with Crippen LogP contribution in [0.3, 0.4) is 0 Å². The van der Waals surface area contributed by atoms with Crippen molar-refractivity contribution in [1.82, 2.24) is 0 Å². The average molecular weight is 470 g/mol. The first kappa shape index (κ1) is 22.7. The largest absolute Gasteiger partial charge is 0.494 e. The normalized spacial score (nSPS) is 19.1. The number of fused-ring (bicyclic) bond motifs is 1. The summed E-state index contributed by atoms with van der Waals surface area (Å²) < 4.78 is 5.71. The van der Waals surface area contributed by atoms with Crippen molar-refractivity contribution in [2.45, 2.75) is 38.1 Å². The topological polar surface area (TPSA) is 93.5 Å². The van der Waals surface area contributed by atoms with Gasteiger partial charge in [-0.05, 0) is 66.3 Å². The Morgan fingerprint density at radius 1 is 0.943 bits per heavy atom. The zero-order chi connectivity index (χ0) is 24.4. The zero-order valence-electron chi connectivity index (χ0n) is 19.5. The number of para-hydroxylation sites is 2. The first-order valence-corrected chi connectivity index (χ1v) is 11.9. The van der Waals surface area contributed by atoms with E-state index in [-0.39, 0.29) is 17.4 Å². The van der Waals surface area contributed by atoms with E-state index < -0.39 is 11.0 Å². The highest BCUT2D eigenvalue weighted by atomic mass is 16.6. The van der Waals surface area contributed by atoms with E-state index in [1.807, 2.05) is 48.5 Å². The number of benzene rings is 3. The Balaban J connectivity index is 1.50. The lowest BCUT2D eigenvalue weighted by Crippen LogP contribution is -2.26. The van der Waals surface area contributed by atoms with E-state index in [1.54, 1.807) is 12.1 Å². The third-order valence-corrected chi connectivity index (χ3v) is 6.57. The molecule has 3 aromatic rings. The van der Waals surface area contributed by atoms with Gasteiger partial charge in [-0.2, -0.15) is 0 Å². The van der Waals surface area contributed by atoms with E-state index >= 15 is 0 Å². The van der Waals surface area contributed by atoms with Gasteiger partial charge in [-0.1, -0.05) is 31.2 Å². The fourth-order valence-corrected chi connectivity index (χ4v) is 4.82. The number of hydrogen-bond acceptors (Lipinski definition) is 6. The molecule has 0 spiro atoms. The number of anilines is 2. The van der Waals surface area contributed by atoms with Crippen LogP contribution in [0.4, 0.5) is 17.1 Å². The second kappa shape index (κ2) is 9.62. The van der Waals surface area contributed by atoms with Crippen LogP contribution in [0.15, 0.2) is 84.1 Å². The lowest BCUT2D eigenvalue weighted by atomic mass is 9.78. The molecule has 3 aromatic carbocycles. The fraction of sp³-hybridized carbons (Fsp3) is 0.250. The maximum atomic E-state index is 13.6. The molecule has 0 amide bonds. The third kappa shape index (κ3) is 4.62. The number of carbonyl (C=O) groups is 1. The molecule has 7 heteroatoms. The van der Waals surface area contributed by atoms with Crippen LogP contribution in [0.25, 0.3) is 0 Å². The maximum absolute atomic E-state index is 13.6. The fourth-order valence-electron chi connectivity index (χ4n) is 4.82. The Morgan fingerprint density at radius 3 is 2.31 bits per heavy atom. The van der Waals surface area contributed by atoms with Gasteiger partial charge < -0.3 is 15.4 Å². The number of rotatable bonds is 6. The van der Waals surface area contributed by atoms with Crippen molar-refractivity contribution in [3.63, 3.8) is 0 Å². The van der Waals surface area contributed by atoms with E-state index in [1.165, 1.54) is 12.1 Å². The molecule has 0 saturated heterocycles. The minimum atomic E-state index is -0.416. The van der Waals surface area contributed by atoms with E-state index in [0.29, 0.717) is 25.0 Å². The highest BCUT2D eigenvalue weighted by Gasteiger charge is 2.36. The molecule has 35 heavy (non-hydrogen) atoms.